The number of hydrogen-bond acceptors (Lipinski definition) is 3. The predicted octanol–water partition coefficient (Wildman–Crippen LogP) is 1.90. The molecule has 2 aromatic rings. The summed E-state index contributed by atoms with van der Waals surface area (Å²) in [5.74, 6) is -0.437. The minimum atomic E-state index is -0.406. The van der Waals surface area contributed by atoms with Crippen LogP contribution in [0.4, 0.5) is 4.39 Å². The molecule has 1 aromatic heterocycles. The maximum Gasteiger partial charge on any atom is 0.257 e. The summed E-state index contributed by atoms with van der Waals surface area (Å²) >= 11 is 0. The van der Waals surface area contributed by atoms with Crippen molar-refractivity contribution >= 4 is 0 Å². The van der Waals surface area contributed by atoms with E-state index in [1.165, 1.54) is 25.1 Å². The van der Waals surface area contributed by atoms with Crippen molar-refractivity contribution in [2.24, 2.45) is 0 Å². The van der Waals surface area contributed by atoms with Crippen molar-refractivity contribution in [3.8, 4) is 17.3 Å². The Labute approximate surface area is 96.8 Å². The van der Waals surface area contributed by atoms with Crippen molar-refractivity contribution in [1.29, 1.82) is 0 Å². The van der Waals surface area contributed by atoms with Gasteiger partial charge in [-0.1, -0.05) is 0 Å². The molecule has 0 amide bonds. The highest BCUT2D eigenvalue weighted by Gasteiger charge is 2.10. The molecule has 0 spiro atoms. The minimum absolute atomic E-state index is 0.161. The van der Waals surface area contributed by atoms with E-state index in [0.717, 1.165) is 0 Å². The first-order valence-electron chi connectivity index (χ1n) is 5.05. The van der Waals surface area contributed by atoms with Crippen LogP contribution in [0.5, 0.6) is 5.88 Å². The van der Waals surface area contributed by atoms with Gasteiger partial charge in [0.05, 0.1) is 5.56 Å². The molecule has 0 fully saturated rings. The van der Waals surface area contributed by atoms with E-state index in [0.29, 0.717) is 11.1 Å². The van der Waals surface area contributed by atoms with Crippen LogP contribution in [0.2, 0.25) is 0 Å². The van der Waals surface area contributed by atoms with Gasteiger partial charge in [0.2, 0.25) is 5.88 Å². The van der Waals surface area contributed by atoms with E-state index in [4.69, 9.17) is 0 Å². The number of hydrogen-bond donors (Lipinski definition) is 2. The zero-order valence-corrected chi connectivity index (χ0v) is 9.41. The highest BCUT2D eigenvalue weighted by Crippen LogP contribution is 2.21. The van der Waals surface area contributed by atoms with Gasteiger partial charge >= 0.3 is 0 Å². The van der Waals surface area contributed by atoms with Crippen LogP contribution in [-0.2, 0) is 0 Å². The normalized spacial score (nSPS) is 10.5. The van der Waals surface area contributed by atoms with E-state index < -0.39 is 5.56 Å². The lowest BCUT2D eigenvalue weighted by atomic mass is 10.1. The van der Waals surface area contributed by atoms with Crippen LogP contribution in [-0.4, -0.2) is 15.1 Å². The molecule has 0 bridgehead atoms. The van der Waals surface area contributed by atoms with Crippen molar-refractivity contribution in [2.75, 3.05) is 0 Å². The molecule has 4 nitrogen and oxygen atoms in total. The van der Waals surface area contributed by atoms with Gasteiger partial charge in [-0.25, -0.2) is 4.39 Å². The molecule has 0 unspecified atom stereocenters. The Morgan fingerprint density at radius 1 is 1.35 bits per heavy atom. The number of aromatic hydroxyl groups is 1. The molecule has 0 saturated carbocycles. The third-order valence-corrected chi connectivity index (χ3v) is 2.57. The smallest absolute Gasteiger partial charge is 0.257 e. The Morgan fingerprint density at radius 2 is 2.06 bits per heavy atom. The van der Waals surface area contributed by atoms with Crippen LogP contribution in [0.25, 0.3) is 11.4 Å². The lowest BCUT2D eigenvalue weighted by Crippen LogP contribution is -2.12. The van der Waals surface area contributed by atoms with Crippen LogP contribution >= 0.6 is 0 Å². The highest BCUT2D eigenvalue weighted by atomic mass is 19.1. The van der Waals surface area contributed by atoms with Crippen LogP contribution in [0, 0.1) is 19.7 Å². The summed E-state index contributed by atoms with van der Waals surface area (Å²) in [6.45, 7) is 3.18. The highest BCUT2D eigenvalue weighted by molar-refractivity contribution is 5.60. The second-order valence-electron chi connectivity index (χ2n) is 3.82. The van der Waals surface area contributed by atoms with Gasteiger partial charge < -0.3 is 10.1 Å². The second kappa shape index (κ2) is 4.01. The lowest BCUT2D eigenvalue weighted by Gasteiger charge is -2.06. The van der Waals surface area contributed by atoms with Crippen molar-refractivity contribution in [2.45, 2.75) is 13.8 Å². The summed E-state index contributed by atoms with van der Waals surface area (Å²) in [7, 11) is 0. The number of H-pyrrole nitrogens is 1. The number of aryl methyl sites for hydroxylation is 1. The number of halogens is 1. The largest absolute Gasteiger partial charge is 0.493 e. The van der Waals surface area contributed by atoms with Gasteiger partial charge in [0, 0.05) is 5.56 Å². The van der Waals surface area contributed by atoms with E-state index >= 15 is 0 Å². The molecule has 0 atom stereocenters. The molecule has 0 saturated heterocycles. The Bertz CT molecular complexity index is 635. The first-order chi connectivity index (χ1) is 7.99. The molecule has 0 aliphatic carbocycles. The molecule has 2 N–H and O–H groups in total. The number of aromatic amines is 1. The van der Waals surface area contributed by atoms with Crippen LogP contribution in [0.3, 0.4) is 0 Å². The third kappa shape index (κ3) is 2.04. The molecular weight excluding hydrogens is 223 g/mol. The van der Waals surface area contributed by atoms with Gasteiger partial charge in [-0.3, -0.25) is 4.79 Å². The summed E-state index contributed by atoms with van der Waals surface area (Å²) in [5.41, 5.74) is 0.972. The van der Waals surface area contributed by atoms with E-state index in [1.54, 1.807) is 6.92 Å². The minimum Gasteiger partial charge on any atom is -0.493 e. The molecule has 5 heteroatoms. The molecule has 17 heavy (non-hydrogen) atoms. The summed E-state index contributed by atoms with van der Waals surface area (Å²) in [6, 6.07) is 4.13. The second-order valence-corrected chi connectivity index (χ2v) is 3.82. The fourth-order valence-corrected chi connectivity index (χ4v) is 1.54. The number of nitrogens with zero attached hydrogens (tertiary/aromatic N) is 1. The molecular formula is C12H11FN2O2. The maximum atomic E-state index is 12.9. The third-order valence-electron chi connectivity index (χ3n) is 2.57. The van der Waals surface area contributed by atoms with Gasteiger partial charge in [-0.2, -0.15) is 4.98 Å². The average molecular weight is 234 g/mol. The zero-order chi connectivity index (χ0) is 12.6. The number of benzene rings is 1. The fourth-order valence-electron chi connectivity index (χ4n) is 1.54. The molecule has 1 aromatic carbocycles. The first kappa shape index (κ1) is 11.3. The quantitative estimate of drug-likeness (QED) is 0.792. The van der Waals surface area contributed by atoms with Gasteiger partial charge in [-0.15, -0.1) is 0 Å². The van der Waals surface area contributed by atoms with Crippen LogP contribution in [0.1, 0.15) is 11.1 Å². The zero-order valence-electron chi connectivity index (χ0n) is 9.41. The van der Waals surface area contributed by atoms with Crippen molar-refractivity contribution in [1.82, 2.24) is 9.97 Å². The van der Waals surface area contributed by atoms with E-state index in [-0.39, 0.29) is 23.1 Å². The lowest BCUT2D eigenvalue weighted by molar-refractivity contribution is 0.447. The Balaban J connectivity index is 2.65. The van der Waals surface area contributed by atoms with Crippen LogP contribution < -0.4 is 5.56 Å². The maximum absolute atomic E-state index is 12.9. The van der Waals surface area contributed by atoms with Gasteiger partial charge in [-0.05, 0) is 37.6 Å². The Morgan fingerprint density at radius 3 is 2.65 bits per heavy atom. The van der Waals surface area contributed by atoms with Gasteiger partial charge in [0.15, 0.2) is 0 Å². The van der Waals surface area contributed by atoms with Gasteiger partial charge in [0.1, 0.15) is 11.6 Å². The molecule has 0 radical (unpaired) electrons. The van der Waals surface area contributed by atoms with E-state index in [9.17, 15) is 14.3 Å². The molecule has 88 valence electrons. The van der Waals surface area contributed by atoms with Crippen LogP contribution in [0.15, 0.2) is 23.0 Å². The molecule has 2 rings (SSSR count). The van der Waals surface area contributed by atoms with E-state index in [2.05, 4.69) is 9.97 Å². The van der Waals surface area contributed by atoms with Crippen molar-refractivity contribution < 1.29 is 9.50 Å². The van der Waals surface area contributed by atoms with Crippen molar-refractivity contribution in [3.63, 3.8) is 0 Å². The average Bonchev–Trinajstić information content (AvgIpc) is 2.25. The molecule has 0 aliphatic heterocycles. The number of nitrogens with one attached hydrogen (secondary N) is 1. The van der Waals surface area contributed by atoms with Gasteiger partial charge in [0.25, 0.3) is 5.56 Å². The predicted molar refractivity (Wildman–Crippen MR) is 61.4 cm³/mol. The molecule has 0 aliphatic rings. The first-order valence-corrected chi connectivity index (χ1v) is 5.05. The van der Waals surface area contributed by atoms with Crippen molar-refractivity contribution in [3.05, 3.63) is 45.5 Å². The Kier molecular flexibility index (Phi) is 2.67. The fraction of sp³-hybridized carbons (Fsp3) is 0.167. The standard InChI is InChI=1S/C12H11FN2O2/c1-6-5-8(13)3-4-9(6)10-14-11(16)7(2)12(17)15-10/h3-5H,1-2H3,(H2,14,15,16,17). The Hall–Kier alpha value is -2.17. The van der Waals surface area contributed by atoms with E-state index in [1.807, 2.05) is 0 Å². The SMILES string of the molecule is Cc1cc(F)ccc1-c1nc(O)c(C)c(=O)[nH]1. The number of rotatable bonds is 1. The summed E-state index contributed by atoms with van der Waals surface area (Å²) < 4.78 is 12.9. The summed E-state index contributed by atoms with van der Waals surface area (Å²) in [6.07, 6.45) is 0. The number of aromatic nitrogens is 2. The summed E-state index contributed by atoms with van der Waals surface area (Å²) in [4.78, 5) is 17.9. The molecule has 1 heterocycles. The topological polar surface area (TPSA) is 66.0 Å². The summed E-state index contributed by atoms with van der Waals surface area (Å²) in [5, 5.41) is 9.48. The monoisotopic (exact) mass is 234 g/mol.